The van der Waals surface area contributed by atoms with E-state index in [2.05, 4.69) is 16.0 Å². The van der Waals surface area contributed by atoms with Crippen molar-refractivity contribution in [1.82, 2.24) is 10.6 Å². The Bertz CT molecular complexity index is 502. The van der Waals surface area contributed by atoms with E-state index in [0.717, 1.165) is 17.8 Å². The van der Waals surface area contributed by atoms with Crippen molar-refractivity contribution < 1.29 is 9.59 Å². The molecule has 0 saturated heterocycles. The van der Waals surface area contributed by atoms with Crippen molar-refractivity contribution in [3.63, 3.8) is 0 Å². The minimum atomic E-state index is -0.395. The third kappa shape index (κ3) is 3.36. The fraction of sp³-hybridized carbons (Fsp3) is 0.467. The summed E-state index contributed by atoms with van der Waals surface area (Å²) >= 11 is 0. The van der Waals surface area contributed by atoms with E-state index in [4.69, 9.17) is 0 Å². The Balaban J connectivity index is 2.05. The number of fused-ring (bicyclic) bond motifs is 1. The number of amides is 2. The lowest BCUT2D eigenvalue weighted by molar-refractivity contribution is -0.126. The van der Waals surface area contributed by atoms with E-state index >= 15 is 0 Å². The van der Waals surface area contributed by atoms with Crippen LogP contribution >= 0.6 is 0 Å². The number of carbonyl (C=O) groups excluding carboxylic acids is 2. The Hall–Kier alpha value is -1.88. The summed E-state index contributed by atoms with van der Waals surface area (Å²) in [6.45, 7) is 5.48. The normalized spacial score (nSPS) is 18.9. The molecule has 0 radical (unpaired) electrons. The molecule has 0 spiro atoms. The van der Waals surface area contributed by atoms with Gasteiger partial charge in [0.1, 0.15) is 0 Å². The van der Waals surface area contributed by atoms with Gasteiger partial charge in [-0.15, -0.1) is 0 Å². The van der Waals surface area contributed by atoms with Crippen LogP contribution in [0.25, 0.3) is 0 Å². The topological polar surface area (TPSA) is 70.2 Å². The molecule has 0 fully saturated rings. The Labute approximate surface area is 119 Å². The van der Waals surface area contributed by atoms with Crippen LogP contribution in [0.4, 0.5) is 5.69 Å². The number of hydrogen-bond acceptors (Lipinski definition) is 3. The second-order valence-corrected chi connectivity index (χ2v) is 5.10. The molecule has 1 heterocycles. The van der Waals surface area contributed by atoms with Gasteiger partial charge in [0.05, 0.1) is 5.92 Å². The number of benzene rings is 1. The molecular formula is C15H21N3O2. The molecule has 0 aromatic heterocycles. The van der Waals surface area contributed by atoms with Gasteiger partial charge in [0.15, 0.2) is 0 Å². The first kappa shape index (κ1) is 14.5. The standard InChI is InChI=1S/C15H21N3O2/c1-3-16-10(2)9-17-15(20)12-8-14(19)18-13-7-5-4-6-11(12)13/h4-7,10,12,16H,3,8-9H2,1-2H3,(H,17,20)(H,18,19)/t10-,12?/m1/s1. The van der Waals surface area contributed by atoms with E-state index in [1.165, 1.54) is 0 Å². The molecule has 0 bridgehead atoms. The van der Waals surface area contributed by atoms with E-state index < -0.39 is 5.92 Å². The molecule has 1 unspecified atom stereocenters. The molecule has 2 amide bonds. The van der Waals surface area contributed by atoms with E-state index in [-0.39, 0.29) is 24.3 Å². The van der Waals surface area contributed by atoms with Crippen molar-refractivity contribution in [3.8, 4) is 0 Å². The maximum absolute atomic E-state index is 12.3. The molecule has 3 N–H and O–H groups in total. The molecule has 5 nitrogen and oxygen atoms in total. The lowest BCUT2D eigenvalue weighted by Crippen LogP contribution is -2.42. The Morgan fingerprint density at radius 2 is 2.20 bits per heavy atom. The number of hydrogen-bond donors (Lipinski definition) is 3. The number of anilines is 1. The van der Waals surface area contributed by atoms with Gasteiger partial charge in [-0.2, -0.15) is 0 Å². The largest absolute Gasteiger partial charge is 0.354 e. The second-order valence-electron chi connectivity index (χ2n) is 5.10. The molecule has 5 heteroatoms. The highest BCUT2D eigenvalue weighted by Crippen LogP contribution is 2.31. The first-order valence-electron chi connectivity index (χ1n) is 7.01. The van der Waals surface area contributed by atoms with Crippen molar-refractivity contribution in [3.05, 3.63) is 29.8 Å². The van der Waals surface area contributed by atoms with Crippen molar-refractivity contribution in [2.45, 2.75) is 32.2 Å². The fourth-order valence-corrected chi connectivity index (χ4v) is 2.44. The molecule has 0 saturated carbocycles. The Morgan fingerprint density at radius 1 is 1.45 bits per heavy atom. The van der Waals surface area contributed by atoms with Gasteiger partial charge in [0.2, 0.25) is 11.8 Å². The van der Waals surface area contributed by atoms with Crippen molar-refractivity contribution >= 4 is 17.5 Å². The lowest BCUT2D eigenvalue weighted by Gasteiger charge is -2.25. The molecule has 1 aliphatic heterocycles. The van der Waals surface area contributed by atoms with Crippen molar-refractivity contribution in [2.24, 2.45) is 0 Å². The van der Waals surface area contributed by atoms with Crippen LogP contribution in [0.15, 0.2) is 24.3 Å². The summed E-state index contributed by atoms with van der Waals surface area (Å²) in [5, 5.41) is 8.95. The summed E-state index contributed by atoms with van der Waals surface area (Å²) in [5.74, 6) is -0.589. The summed E-state index contributed by atoms with van der Waals surface area (Å²) in [6, 6.07) is 7.68. The van der Waals surface area contributed by atoms with Gasteiger partial charge in [0, 0.05) is 24.7 Å². The molecule has 1 aliphatic rings. The third-order valence-corrected chi connectivity index (χ3v) is 3.45. The summed E-state index contributed by atoms with van der Waals surface area (Å²) in [4.78, 5) is 24.0. The van der Waals surface area contributed by atoms with Crippen LogP contribution in [0.3, 0.4) is 0 Å². The van der Waals surface area contributed by atoms with Gasteiger partial charge >= 0.3 is 0 Å². The quantitative estimate of drug-likeness (QED) is 0.757. The average molecular weight is 275 g/mol. The molecule has 0 aliphatic carbocycles. The van der Waals surface area contributed by atoms with Crippen LogP contribution in [0.5, 0.6) is 0 Å². The highest BCUT2D eigenvalue weighted by atomic mass is 16.2. The second kappa shape index (κ2) is 6.52. The van der Waals surface area contributed by atoms with Gasteiger partial charge in [-0.3, -0.25) is 9.59 Å². The minimum absolute atomic E-state index is 0.0861. The fourth-order valence-electron chi connectivity index (χ4n) is 2.44. The zero-order chi connectivity index (χ0) is 14.5. The summed E-state index contributed by atoms with van der Waals surface area (Å²) < 4.78 is 0. The highest BCUT2D eigenvalue weighted by molar-refractivity contribution is 6.01. The van der Waals surface area contributed by atoms with Crippen LogP contribution < -0.4 is 16.0 Å². The van der Waals surface area contributed by atoms with Gasteiger partial charge in [-0.1, -0.05) is 25.1 Å². The first-order chi connectivity index (χ1) is 9.61. The van der Waals surface area contributed by atoms with Crippen LogP contribution in [-0.2, 0) is 9.59 Å². The maximum Gasteiger partial charge on any atom is 0.228 e. The molecule has 1 aromatic rings. The number of nitrogens with one attached hydrogen (secondary N) is 3. The maximum atomic E-state index is 12.3. The van der Waals surface area contributed by atoms with Crippen LogP contribution in [-0.4, -0.2) is 30.9 Å². The average Bonchev–Trinajstić information content (AvgIpc) is 2.44. The number of para-hydroxylation sites is 1. The van der Waals surface area contributed by atoms with Gasteiger partial charge in [0.25, 0.3) is 0 Å². The monoisotopic (exact) mass is 275 g/mol. The summed E-state index contributed by atoms with van der Waals surface area (Å²) in [7, 11) is 0. The van der Waals surface area contributed by atoms with Crippen molar-refractivity contribution in [1.29, 1.82) is 0 Å². The van der Waals surface area contributed by atoms with Crippen LogP contribution in [0.2, 0.25) is 0 Å². The van der Waals surface area contributed by atoms with Crippen LogP contribution in [0.1, 0.15) is 31.7 Å². The summed E-state index contributed by atoms with van der Waals surface area (Å²) in [6.07, 6.45) is 0.207. The van der Waals surface area contributed by atoms with Crippen molar-refractivity contribution in [2.75, 3.05) is 18.4 Å². The van der Waals surface area contributed by atoms with E-state index in [1.807, 2.05) is 38.1 Å². The van der Waals surface area contributed by atoms with Gasteiger partial charge < -0.3 is 16.0 Å². The van der Waals surface area contributed by atoms with Crippen LogP contribution in [0, 0.1) is 0 Å². The summed E-state index contributed by atoms with van der Waals surface area (Å²) in [5.41, 5.74) is 1.63. The van der Waals surface area contributed by atoms with E-state index in [0.29, 0.717) is 6.54 Å². The molecular weight excluding hydrogens is 254 g/mol. The number of likely N-dealkylation sites (N-methyl/N-ethyl adjacent to an activating group) is 1. The Morgan fingerprint density at radius 3 is 2.95 bits per heavy atom. The van der Waals surface area contributed by atoms with Gasteiger partial charge in [-0.05, 0) is 25.1 Å². The van der Waals surface area contributed by atoms with E-state index in [9.17, 15) is 9.59 Å². The Kier molecular flexibility index (Phi) is 4.74. The molecule has 2 atom stereocenters. The predicted molar refractivity (Wildman–Crippen MR) is 78.6 cm³/mol. The minimum Gasteiger partial charge on any atom is -0.354 e. The molecule has 2 rings (SSSR count). The van der Waals surface area contributed by atoms with E-state index in [1.54, 1.807) is 0 Å². The number of rotatable bonds is 5. The number of carbonyl (C=O) groups is 2. The first-order valence-corrected chi connectivity index (χ1v) is 7.01. The highest BCUT2D eigenvalue weighted by Gasteiger charge is 2.30. The predicted octanol–water partition coefficient (Wildman–Crippen LogP) is 1.23. The SMILES string of the molecule is CCN[C@H](C)CNC(=O)C1CC(=O)Nc2ccccc21. The van der Waals surface area contributed by atoms with Gasteiger partial charge in [-0.25, -0.2) is 0 Å². The zero-order valence-corrected chi connectivity index (χ0v) is 11.9. The zero-order valence-electron chi connectivity index (χ0n) is 11.9. The molecule has 1 aromatic carbocycles. The smallest absolute Gasteiger partial charge is 0.228 e. The molecule has 20 heavy (non-hydrogen) atoms. The molecule has 108 valence electrons. The lowest BCUT2D eigenvalue weighted by atomic mass is 9.90. The third-order valence-electron chi connectivity index (χ3n) is 3.45.